The van der Waals surface area contributed by atoms with E-state index in [0.717, 1.165) is 12.8 Å². The topological polar surface area (TPSA) is 37.3 Å². The molecule has 70 valence electrons. The zero-order valence-corrected chi connectivity index (χ0v) is 7.75. The quantitative estimate of drug-likeness (QED) is 0.699. The summed E-state index contributed by atoms with van der Waals surface area (Å²) in [4.78, 5) is 11.4. The molecule has 1 saturated carbocycles. The average molecular weight is 170 g/mol. The van der Waals surface area contributed by atoms with Gasteiger partial charge in [0.25, 0.3) is 0 Å². The summed E-state index contributed by atoms with van der Waals surface area (Å²) in [5.74, 6) is 0.692. The van der Waals surface area contributed by atoms with Crippen molar-refractivity contribution in [1.82, 2.24) is 0 Å². The molecule has 0 bridgehead atoms. The molecule has 1 fully saturated rings. The SMILES string of the molecule is CC(O)CCC(=O)C1CCCC1. The largest absolute Gasteiger partial charge is 0.393 e. The number of carbonyl (C=O) groups is 1. The molecule has 0 aromatic rings. The van der Waals surface area contributed by atoms with Gasteiger partial charge in [-0.15, -0.1) is 0 Å². The summed E-state index contributed by atoms with van der Waals surface area (Å²) in [6, 6.07) is 0. The third-order valence-corrected chi connectivity index (χ3v) is 2.62. The molecular formula is C10H18O2. The van der Waals surface area contributed by atoms with Crippen molar-refractivity contribution in [2.24, 2.45) is 5.92 Å². The first-order valence-electron chi connectivity index (χ1n) is 4.91. The molecule has 0 spiro atoms. The number of carbonyl (C=O) groups excluding carboxylic acids is 1. The molecule has 1 unspecified atom stereocenters. The Kier molecular flexibility index (Phi) is 3.73. The van der Waals surface area contributed by atoms with Gasteiger partial charge in [0.2, 0.25) is 0 Å². The van der Waals surface area contributed by atoms with Gasteiger partial charge in [0.05, 0.1) is 6.10 Å². The van der Waals surface area contributed by atoms with E-state index < -0.39 is 0 Å². The molecule has 0 amide bonds. The summed E-state index contributed by atoms with van der Waals surface area (Å²) in [5.41, 5.74) is 0. The van der Waals surface area contributed by atoms with E-state index in [9.17, 15) is 4.79 Å². The van der Waals surface area contributed by atoms with Crippen molar-refractivity contribution in [3.05, 3.63) is 0 Å². The van der Waals surface area contributed by atoms with Gasteiger partial charge in [-0.2, -0.15) is 0 Å². The Hall–Kier alpha value is -0.370. The first-order valence-corrected chi connectivity index (χ1v) is 4.91. The Morgan fingerprint density at radius 1 is 1.50 bits per heavy atom. The van der Waals surface area contributed by atoms with Crippen LogP contribution in [0.25, 0.3) is 0 Å². The number of Topliss-reactive ketones (excluding diaryl/α,β-unsaturated/α-hetero) is 1. The Bertz CT molecular complexity index is 146. The van der Waals surface area contributed by atoms with Crippen LogP contribution in [0.2, 0.25) is 0 Å². The third kappa shape index (κ3) is 2.94. The molecule has 2 heteroatoms. The zero-order valence-electron chi connectivity index (χ0n) is 7.75. The van der Waals surface area contributed by atoms with Crippen molar-refractivity contribution < 1.29 is 9.90 Å². The number of aliphatic hydroxyl groups excluding tert-OH is 1. The van der Waals surface area contributed by atoms with E-state index in [1.165, 1.54) is 12.8 Å². The lowest BCUT2D eigenvalue weighted by Crippen LogP contribution is -2.13. The summed E-state index contributed by atoms with van der Waals surface area (Å²) < 4.78 is 0. The van der Waals surface area contributed by atoms with Crippen molar-refractivity contribution in [2.75, 3.05) is 0 Å². The molecule has 1 rings (SSSR count). The molecule has 12 heavy (non-hydrogen) atoms. The lowest BCUT2D eigenvalue weighted by atomic mass is 9.98. The van der Waals surface area contributed by atoms with Crippen LogP contribution in [0.5, 0.6) is 0 Å². The smallest absolute Gasteiger partial charge is 0.136 e. The average Bonchev–Trinajstić information content (AvgIpc) is 2.51. The van der Waals surface area contributed by atoms with Gasteiger partial charge >= 0.3 is 0 Å². The highest BCUT2D eigenvalue weighted by atomic mass is 16.3. The van der Waals surface area contributed by atoms with Gasteiger partial charge in [-0.25, -0.2) is 0 Å². The number of rotatable bonds is 4. The van der Waals surface area contributed by atoms with Gasteiger partial charge < -0.3 is 5.11 Å². The minimum Gasteiger partial charge on any atom is -0.393 e. The maximum Gasteiger partial charge on any atom is 0.136 e. The number of hydrogen-bond donors (Lipinski definition) is 1. The second-order valence-electron chi connectivity index (χ2n) is 3.84. The maximum absolute atomic E-state index is 11.4. The van der Waals surface area contributed by atoms with E-state index in [1.807, 2.05) is 0 Å². The highest BCUT2D eigenvalue weighted by Crippen LogP contribution is 2.26. The van der Waals surface area contributed by atoms with Crippen LogP contribution in [-0.4, -0.2) is 17.0 Å². The molecule has 0 heterocycles. The first kappa shape index (κ1) is 9.72. The van der Waals surface area contributed by atoms with Crippen LogP contribution in [-0.2, 0) is 4.79 Å². The molecule has 1 aliphatic rings. The first-order chi connectivity index (χ1) is 5.70. The predicted molar refractivity (Wildman–Crippen MR) is 47.9 cm³/mol. The fraction of sp³-hybridized carbons (Fsp3) is 0.900. The summed E-state index contributed by atoms with van der Waals surface area (Å²) in [7, 11) is 0. The van der Waals surface area contributed by atoms with Crippen LogP contribution in [0.1, 0.15) is 45.4 Å². The van der Waals surface area contributed by atoms with Crippen LogP contribution >= 0.6 is 0 Å². The highest BCUT2D eigenvalue weighted by molar-refractivity contribution is 5.81. The summed E-state index contributed by atoms with van der Waals surface area (Å²) in [6.45, 7) is 1.74. The highest BCUT2D eigenvalue weighted by Gasteiger charge is 2.22. The Morgan fingerprint density at radius 3 is 2.58 bits per heavy atom. The molecule has 1 N–H and O–H groups in total. The Labute approximate surface area is 74.0 Å². The molecule has 0 aromatic heterocycles. The van der Waals surface area contributed by atoms with Crippen LogP contribution in [0.3, 0.4) is 0 Å². The van der Waals surface area contributed by atoms with Crippen molar-refractivity contribution in [1.29, 1.82) is 0 Å². The fourth-order valence-corrected chi connectivity index (χ4v) is 1.80. The zero-order chi connectivity index (χ0) is 8.97. The summed E-state index contributed by atoms with van der Waals surface area (Å²) in [5, 5.41) is 8.99. The lowest BCUT2D eigenvalue weighted by molar-refractivity contribution is -0.123. The number of aliphatic hydroxyl groups is 1. The van der Waals surface area contributed by atoms with E-state index in [4.69, 9.17) is 5.11 Å². The van der Waals surface area contributed by atoms with Gasteiger partial charge in [0.1, 0.15) is 5.78 Å². The van der Waals surface area contributed by atoms with Gasteiger partial charge in [-0.1, -0.05) is 12.8 Å². The predicted octanol–water partition coefficient (Wildman–Crippen LogP) is 1.91. The molecule has 0 radical (unpaired) electrons. The van der Waals surface area contributed by atoms with Gasteiger partial charge in [0, 0.05) is 12.3 Å². The molecule has 0 aromatic carbocycles. The Morgan fingerprint density at radius 2 is 2.08 bits per heavy atom. The van der Waals surface area contributed by atoms with E-state index in [1.54, 1.807) is 6.92 Å². The standard InChI is InChI=1S/C10H18O2/c1-8(11)6-7-10(12)9-4-2-3-5-9/h8-9,11H,2-7H2,1H3. The van der Waals surface area contributed by atoms with Crippen molar-refractivity contribution >= 4 is 5.78 Å². The van der Waals surface area contributed by atoms with Gasteiger partial charge in [-0.05, 0) is 26.2 Å². The Balaban J connectivity index is 2.18. The molecular weight excluding hydrogens is 152 g/mol. The minimum absolute atomic E-state index is 0.323. The van der Waals surface area contributed by atoms with Crippen molar-refractivity contribution in [2.45, 2.75) is 51.6 Å². The lowest BCUT2D eigenvalue weighted by Gasteiger charge is -2.08. The molecule has 0 aliphatic heterocycles. The van der Waals surface area contributed by atoms with E-state index in [0.29, 0.717) is 24.5 Å². The molecule has 0 saturated heterocycles. The summed E-state index contributed by atoms with van der Waals surface area (Å²) in [6.07, 6.45) is 5.47. The second-order valence-corrected chi connectivity index (χ2v) is 3.84. The molecule has 2 nitrogen and oxygen atoms in total. The monoisotopic (exact) mass is 170 g/mol. The number of hydrogen-bond acceptors (Lipinski definition) is 2. The van der Waals surface area contributed by atoms with Gasteiger partial charge in [0.15, 0.2) is 0 Å². The van der Waals surface area contributed by atoms with Crippen molar-refractivity contribution in [3.8, 4) is 0 Å². The normalized spacial score (nSPS) is 21.2. The molecule has 1 atom stereocenters. The van der Waals surface area contributed by atoms with E-state index in [2.05, 4.69) is 0 Å². The van der Waals surface area contributed by atoms with Crippen LogP contribution in [0.4, 0.5) is 0 Å². The van der Waals surface area contributed by atoms with Crippen LogP contribution in [0, 0.1) is 5.92 Å². The van der Waals surface area contributed by atoms with E-state index >= 15 is 0 Å². The molecule has 1 aliphatic carbocycles. The van der Waals surface area contributed by atoms with Gasteiger partial charge in [-0.3, -0.25) is 4.79 Å². The second kappa shape index (κ2) is 4.61. The number of ketones is 1. The maximum atomic E-state index is 11.4. The third-order valence-electron chi connectivity index (χ3n) is 2.62. The van der Waals surface area contributed by atoms with Crippen LogP contribution in [0.15, 0.2) is 0 Å². The minimum atomic E-state index is -0.324. The van der Waals surface area contributed by atoms with Crippen molar-refractivity contribution in [3.63, 3.8) is 0 Å². The van der Waals surface area contributed by atoms with Crippen LogP contribution < -0.4 is 0 Å². The fourth-order valence-electron chi connectivity index (χ4n) is 1.80. The summed E-state index contributed by atoms with van der Waals surface area (Å²) >= 11 is 0. The van der Waals surface area contributed by atoms with E-state index in [-0.39, 0.29) is 6.10 Å².